The number of guanidine groups is 1. The van der Waals surface area contributed by atoms with Crippen LogP contribution in [0.4, 0.5) is 0 Å². The predicted octanol–water partition coefficient (Wildman–Crippen LogP) is -0.937. The molecule has 0 bridgehead atoms. The molecule has 15 nitrogen and oxygen atoms in total. The van der Waals surface area contributed by atoms with E-state index in [0.29, 0.717) is 23.2 Å². The number of carboxylic acid groups (broad SMARTS) is 1. The van der Waals surface area contributed by atoms with Gasteiger partial charge in [0.15, 0.2) is 5.96 Å². The van der Waals surface area contributed by atoms with Crippen molar-refractivity contribution in [1.29, 1.82) is 0 Å². The number of carbonyl (C=O) groups is 4. The lowest BCUT2D eigenvalue weighted by atomic mass is 10.0. The summed E-state index contributed by atoms with van der Waals surface area (Å²) in [5.74, 6) is -3.40. The number of imidazole rings is 1. The van der Waals surface area contributed by atoms with Crippen LogP contribution in [0.5, 0.6) is 5.75 Å². The van der Waals surface area contributed by atoms with Crippen molar-refractivity contribution in [1.82, 2.24) is 25.9 Å². The Morgan fingerprint density at radius 1 is 0.822 bits per heavy atom. The van der Waals surface area contributed by atoms with E-state index in [0.717, 1.165) is 0 Å². The van der Waals surface area contributed by atoms with Gasteiger partial charge in [0, 0.05) is 37.7 Å². The van der Waals surface area contributed by atoms with Gasteiger partial charge in [-0.25, -0.2) is 9.78 Å². The average Bonchev–Trinajstić information content (AvgIpc) is 3.52. The molecule has 12 N–H and O–H groups in total. The molecule has 0 saturated heterocycles. The Hall–Kier alpha value is -5.44. The number of nitrogens with two attached hydrogens (primary N) is 3. The van der Waals surface area contributed by atoms with E-state index >= 15 is 0 Å². The van der Waals surface area contributed by atoms with Crippen LogP contribution in [0.1, 0.15) is 29.7 Å². The number of H-pyrrole nitrogens is 1. The molecule has 0 saturated carbocycles. The van der Waals surface area contributed by atoms with Crippen molar-refractivity contribution in [3.8, 4) is 5.75 Å². The molecule has 15 heteroatoms. The maximum Gasteiger partial charge on any atom is 0.326 e. The van der Waals surface area contributed by atoms with Crippen molar-refractivity contribution in [3.05, 3.63) is 83.9 Å². The fourth-order valence-electron chi connectivity index (χ4n) is 4.45. The summed E-state index contributed by atoms with van der Waals surface area (Å²) in [4.78, 5) is 62.8. The molecule has 240 valence electrons. The number of hydrogen-bond acceptors (Lipinski definition) is 8. The molecule has 3 aromatic rings. The first-order valence-corrected chi connectivity index (χ1v) is 14.3. The molecule has 45 heavy (non-hydrogen) atoms. The number of aliphatic imine (C=N–C) groups is 1. The van der Waals surface area contributed by atoms with Crippen LogP contribution in [0.15, 0.2) is 72.1 Å². The van der Waals surface area contributed by atoms with Gasteiger partial charge in [-0.3, -0.25) is 19.4 Å². The van der Waals surface area contributed by atoms with Crippen molar-refractivity contribution in [2.45, 2.75) is 56.3 Å². The number of aromatic hydroxyl groups is 1. The Morgan fingerprint density at radius 2 is 1.42 bits per heavy atom. The lowest BCUT2D eigenvalue weighted by Crippen LogP contribution is -2.58. The number of nitrogens with one attached hydrogen (secondary N) is 4. The summed E-state index contributed by atoms with van der Waals surface area (Å²) in [5.41, 5.74) is 18.8. The number of nitrogens with zero attached hydrogens (tertiary/aromatic N) is 2. The number of rotatable bonds is 17. The normalized spacial score (nSPS) is 13.4. The standard InChI is InChI=1S/C30H39N9O6/c31-22(15-20-16-34-17-36-20)26(41)37-23(7-4-12-35-30(32)33)27(42)38-24(13-18-5-2-1-3-6-18)28(43)39-25(29(44)45)14-19-8-10-21(40)11-9-19/h1-3,5-6,8-11,16-17,22-25,40H,4,7,12-15,31H2,(H,34,36)(H,37,41)(H,38,42)(H,39,43)(H,44,45)(H4,32,33,35). The molecule has 4 atom stereocenters. The van der Waals surface area contributed by atoms with Crippen LogP contribution in [-0.4, -0.2) is 80.5 Å². The number of hydrogen-bond donors (Lipinski definition) is 9. The van der Waals surface area contributed by atoms with Crippen LogP contribution in [0.25, 0.3) is 0 Å². The van der Waals surface area contributed by atoms with E-state index in [-0.39, 0.29) is 43.9 Å². The Bertz CT molecular complexity index is 1430. The van der Waals surface area contributed by atoms with E-state index in [1.165, 1.54) is 24.7 Å². The molecule has 4 unspecified atom stereocenters. The van der Waals surface area contributed by atoms with Crippen molar-refractivity contribution >= 4 is 29.7 Å². The summed E-state index contributed by atoms with van der Waals surface area (Å²) in [6, 6.07) is 10.1. The minimum Gasteiger partial charge on any atom is -0.508 e. The third-order valence-electron chi connectivity index (χ3n) is 6.82. The lowest BCUT2D eigenvalue weighted by molar-refractivity contribution is -0.142. The first-order chi connectivity index (χ1) is 21.5. The second-order valence-corrected chi connectivity index (χ2v) is 10.4. The van der Waals surface area contributed by atoms with Gasteiger partial charge in [0.05, 0.1) is 12.4 Å². The number of amides is 3. The zero-order chi connectivity index (χ0) is 32.8. The predicted molar refractivity (Wildman–Crippen MR) is 166 cm³/mol. The van der Waals surface area contributed by atoms with Crippen LogP contribution in [0, 0.1) is 0 Å². The van der Waals surface area contributed by atoms with Crippen molar-refractivity contribution < 1.29 is 29.4 Å². The monoisotopic (exact) mass is 621 g/mol. The molecular formula is C30H39N9O6. The van der Waals surface area contributed by atoms with Gasteiger partial charge in [-0.2, -0.15) is 0 Å². The van der Waals surface area contributed by atoms with E-state index in [9.17, 15) is 29.4 Å². The quantitative estimate of drug-likeness (QED) is 0.0507. The SMILES string of the molecule is NC(N)=NCCCC(NC(=O)C(N)Cc1cnc[nH]1)C(=O)NC(Cc1ccccc1)C(=O)NC(Cc1ccc(O)cc1)C(=O)O. The molecule has 0 aliphatic heterocycles. The molecule has 0 radical (unpaired) electrons. The Morgan fingerprint density at radius 3 is 2.04 bits per heavy atom. The Kier molecular flexibility index (Phi) is 12.9. The maximum atomic E-state index is 13.6. The Labute approximate surface area is 259 Å². The molecule has 3 rings (SSSR count). The number of phenolic OH excluding ortho intramolecular Hbond substituents is 1. The molecule has 1 aromatic heterocycles. The van der Waals surface area contributed by atoms with Gasteiger partial charge in [-0.15, -0.1) is 0 Å². The highest BCUT2D eigenvalue weighted by atomic mass is 16.4. The summed E-state index contributed by atoms with van der Waals surface area (Å²) in [5, 5.41) is 27.2. The minimum atomic E-state index is -1.33. The van der Waals surface area contributed by atoms with Gasteiger partial charge in [0.2, 0.25) is 17.7 Å². The van der Waals surface area contributed by atoms with Crippen LogP contribution < -0.4 is 33.2 Å². The maximum absolute atomic E-state index is 13.6. The van der Waals surface area contributed by atoms with Gasteiger partial charge >= 0.3 is 5.97 Å². The fourth-order valence-corrected chi connectivity index (χ4v) is 4.45. The number of aromatic amines is 1. The summed E-state index contributed by atoms with van der Waals surface area (Å²) in [6.45, 7) is 0.188. The van der Waals surface area contributed by atoms with Gasteiger partial charge in [-0.1, -0.05) is 42.5 Å². The number of carbonyl (C=O) groups excluding carboxylic acids is 3. The third kappa shape index (κ3) is 11.6. The number of aromatic nitrogens is 2. The van der Waals surface area contributed by atoms with Crippen molar-refractivity contribution in [2.24, 2.45) is 22.2 Å². The van der Waals surface area contributed by atoms with Gasteiger partial charge in [0.25, 0.3) is 0 Å². The second-order valence-electron chi connectivity index (χ2n) is 10.4. The van der Waals surface area contributed by atoms with Crippen LogP contribution in [0.2, 0.25) is 0 Å². The van der Waals surface area contributed by atoms with Crippen LogP contribution in [0.3, 0.4) is 0 Å². The van der Waals surface area contributed by atoms with Crippen molar-refractivity contribution in [3.63, 3.8) is 0 Å². The molecule has 0 fully saturated rings. The third-order valence-corrected chi connectivity index (χ3v) is 6.82. The summed E-state index contributed by atoms with van der Waals surface area (Å²) < 4.78 is 0. The van der Waals surface area contributed by atoms with Gasteiger partial charge in [0.1, 0.15) is 23.9 Å². The lowest BCUT2D eigenvalue weighted by Gasteiger charge is -2.25. The number of benzene rings is 2. The summed E-state index contributed by atoms with van der Waals surface area (Å²) in [6.07, 6.45) is 3.54. The van der Waals surface area contributed by atoms with E-state index in [1.54, 1.807) is 42.5 Å². The summed E-state index contributed by atoms with van der Waals surface area (Å²) >= 11 is 0. The minimum absolute atomic E-state index is 0.0162. The highest BCUT2D eigenvalue weighted by Crippen LogP contribution is 2.12. The summed E-state index contributed by atoms with van der Waals surface area (Å²) in [7, 11) is 0. The molecule has 1 heterocycles. The topological polar surface area (TPSA) is 264 Å². The van der Waals surface area contributed by atoms with Crippen molar-refractivity contribution in [2.75, 3.05) is 6.54 Å². The second kappa shape index (κ2) is 17.0. The number of aliphatic carboxylic acids is 1. The fraction of sp³-hybridized carbons (Fsp3) is 0.333. The molecular weight excluding hydrogens is 582 g/mol. The van der Waals surface area contributed by atoms with Crippen LogP contribution >= 0.6 is 0 Å². The molecule has 2 aromatic carbocycles. The number of phenols is 1. The van der Waals surface area contributed by atoms with E-state index < -0.39 is 47.9 Å². The molecule has 3 amide bonds. The average molecular weight is 622 g/mol. The first kappa shape index (κ1) is 34.1. The Balaban J connectivity index is 1.78. The van der Waals surface area contributed by atoms with Crippen LogP contribution in [-0.2, 0) is 38.4 Å². The molecule has 0 aliphatic rings. The van der Waals surface area contributed by atoms with Gasteiger partial charge < -0.3 is 48.3 Å². The highest BCUT2D eigenvalue weighted by molar-refractivity contribution is 5.94. The zero-order valence-electron chi connectivity index (χ0n) is 24.6. The van der Waals surface area contributed by atoms with E-state index in [4.69, 9.17) is 17.2 Å². The molecule has 0 aliphatic carbocycles. The van der Waals surface area contributed by atoms with Gasteiger partial charge in [-0.05, 0) is 36.1 Å². The number of carboxylic acids is 1. The van der Waals surface area contributed by atoms with E-state index in [2.05, 4.69) is 30.9 Å². The molecule has 0 spiro atoms. The largest absolute Gasteiger partial charge is 0.508 e. The highest BCUT2D eigenvalue weighted by Gasteiger charge is 2.30. The first-order valence-electron chi connectivity index (χ1n) is 14.3. The smallest absolute Gasteiger partial charge is 0.326 e. The van der Waals surface area contributed by atoms with E-state index in [1.807, 2.05) is 0 Å². The zero-order valence-corrected chi connectivity index (χ0v) is 24.6.